The first-order chi connectivity index (χ1) is 7.20. The first-order valence-electron chi connectivity index (χ1n) is 5.93. The Bertz CT molecular complexity index is 280. The van der Waals surface area contributed by atoms with E-state index in [9.17, 15) is 0 Å². The molecule has 2 atom stereocenters. The summed E-state index contributed by atoms with van der Waals surface area (Å²) >= 11 is 0. The number of nitrogens with zero attached hydrogens (tertiary/aromatic N) is 2. The van der Waals surface area contributed by atoms with Gasteiger partial charge in [0.25, 0.3) is 0 Å². The van der Waals surface area contributed by atoms with E-state index in [0.717, 1.165) is 12.2 Å². The molecule has 0 spiro atoms. The predicted octanol–water partition coefficient (Wildman–Crippen LogP) is 2.64. The molecule has 15 heavy (non-hydrogen) atoms. The minimum absolute atomic E-state index is 0.0848. The standard InChI is InChI=1S/C12H23N3/c1-4-6-7-10(5-2)11(13)12-14-8-9-15(12)3/h8-11H,4-7,13H2,1-3H3. The fourth-order valence-corrected chi connectivity index (χ4v) is 2.01. The molecule has 0 aliphatic carbocycles. The molecule has 3 heteroatoms. The van der Waals surface area contributed by atoms with Crippen molar-refractivity contribution in [2.45, 2.75) is 45.6 Å². The van der Waals surface area contributed by atoms with E-state index in [4.69, 9.17) is 5.73 Å². The van der Waals surface area contributed by atoms with Gasteiger partial charge in [-0.25, -0.2) is 4.98 Å². The van der Waals surface area contributed by atoms with E-state index in [1.807, 2.05) is 24.0 Å². The van der Waals surface area contributed by atoms with Crippen LogP contribution in [0, 0.1) is 5.92 Å². The SMILES string of the molecule is CCCCC(CC)C(N)c1nccn1C. The van der Waals surface area contributed by atoms with Gasteiger partial charge >= 0.3 is 0 Å². The molecule has 3 nitrogen and oxygen atoms in total. The van der Waals surface area contributed by atoms with Crippen LogP contribution in [0.15, 0.2) is 12.4 Å². The van der Waals surface area contributed by atoms with Crippen LogP contribution in [0.1, 0.15) is 51.4 Å². The van der Waals surface area contributed by atoms with E-state index in [-0.39, 0.29) is 6.04 Å². The predicted molar refractivity (Wildman–Crippen MR) is 63.4 cm³/mol. The maximum absolute atomic E-state index is 6.25. The average molecular weight is 209 g/mol. The first-order valence-corrected chi connectivity index (χ1v) is 5.93. The van der Waals surface area contributed by atoms with Crippen molar-refractivity contribution in [3.8, 4) is 0 Å². The van der Waals surface area contributed by atoms with E-state index in [1.165, 1.54) is 19.3 Å². The van der Waals surface area contributed by atoms with Gasteiger partial charge in [0.2, 0.25) is 0 Å². The third-order valence-electron chi connectivity index (χ3n) is 3.12. The smallest absolute Gasteiger partial charge is 0.125 e. The molecule has 1 aromatic heterocycles. The lowest BCUT2D eigenvalue weighted by Gasteiger charge is -2.22. The summed E-state index contributed by atoms with van der Waals surface area (Å²) in [6.07, 6.45) is 8.62. The van der Waals surface area contributed by atoms with Crippen LogP contribution in [0.3, 0.4) is 0 Å². The van der Waals surface area contributed by atoms with Gasteiger partial charge in [0.1, 0.15) is 5.82 Å². The summed E-state index contributed by atoms with van der Waals surface area (Å²) in [7, 11) is 2.01. The van der Waals surface area contributed by atoms with Crippen LogP contribution in [-0.4, -0.2) is 9.55 Å². The number of hydrogen-bond acceptors (Lipinski definition) is 2. The molecule has 0 aromatic carbocycles. The molecule has 0 saturated carbocycles. The maximum Gasteiger partial charge on any atom is 0.125 e. The van der Waals surface area contributed by atoms with Crippen LogP contribution in [-0.2, 0) is 7.05 Å². The highest BCUT2D eigenvalue weighted by atomic mass is 15.1. The van der Waals surface area contributed by atoms with Crippen molar-refractivity contribution in [1.82, 2.24) is 9.55 Å². The zero-order valence-electron chi connectivity index (χ0n) is 10.1. The van der Waals surface area contributed by atoms with E-state index in [1.54, 1.807) is 0 Å². The highest BCUT2D eigenvalue weighted by Crippen LogP contribution is 2.25. The Balaban J connectivity index is 2.64. The minimum atomic E-state index is 0.0848. The van der Waals surface area contributed by atoms with Crippen LogP contribution < -0.4 is 5.73 Å². The van der Waals surface area contributed by atoms with Gasteiger partial charge in [-0.3, -0.25) is 0 Å². The normalized spacial score (nSPS) is 15.2. The molecule has 0 radical (unpaired) electrons. The van der Waals surface area contributed by atoms with E-state index >= 15 is 0 Å². The zero-order chi connectivity index (χ0) is 11.3. The van der Waals surface area contributed by atoms with Crippen LogP contribution in [0.5, 0.6) is 0 Å². The number of hydrogen-bond donors (Lipinski definition) is 1. The molecule has 1 heterocycles. The summed E-state index contributed by atoms with van der Waals surface area (Å²) in [6.45, 7) is 4.43. The van der Waals surface area contributed by atoms with Crippen molar-refractivity contribution in [3.63, 3.8) is 0 Å². The number of aryl methyl sites for hydroxylation is 1. The summed E-state index contributed by atoms with van der Waals surface area (Å²) < 4.78 is 2.03. The summed E-state index contributed by atoms with van der Waals surface area (Å²) in [5.41, 5.74) is 6.25. The molecule has 0 amide bonds. The second-order valence-electron chi connectivity index (χ2n) is 4.23. The van der Waals surface area contributed by atoms with Gasteiger partial charge in [-0.05, 0) is 12.3 Å². The quantitative estimate of drug-likeness (QED) is 0.782. The molecule has 0 aliphatic rings. The van der Waals surface area contributed by atoms with Gasteiger partial charge < -0.3 is 10.3 Å². The van der Waals surface area contributed by atoms with Crippen molar-refractivity contribution in [2.75, 3.05) is 0 Å². The Morgan fingerprint density at radius 1 is 1.47 bits per heavy atom. The Kier molecular flexibility index (Phi) is 4.82. The van der Waals surface area contributed by atoms with Crippen molar-refractivity contribution >= 4 is 0 Å². The van der Waals surface area contributed by atoms with Crippen LogP contribution in [0.4, 0.5) is 0 Å². The fraction of sp³-hybridized carbons (Fsp3) is 0.750. The molecule has 0 bridgehead atoms. The first kappa shape index (κ1) is 12.2. The number of rotatable bonds is 6. The number of aromatic nitrogens is 2. The zero-order valence-corrected chi connectivity index (χ0v) is 10.1. The summed E-state index contributed by atoms with van der Waals surface area (Å²) in [4.78, 5) is 4.33. The Morgan fingerprint density at radius 3 is 2.67 bits per heavy atom. The van der Waals surface area contributed by atoms with Crippen LogP contribution in [0.25, 0.3) is 0 Å². The Hall–Kier alpha value is -0.830. The van der Waals surface area contributed by atoms with E-state index in [0.29, 0.717) is 5.92 Å². The molecule has 1 rings (SSSR count). The molecular formula is C12H23N3. The number of imidazole rings is 1. The topological polar surface area (TPSA) is 43.8 Å². The van der Waals surface area contributed by atoms with Gasteiger partial charge in [-0.1, -0.05) is 33.1 Å². The largest absolute Gasteiger partial charge is 0.337 e. The van der Waals surface area contributed by atoms with E-state index < -0.39 is 0 Å². The van der Waals surface area contributed by atoms with E-state index in [2.05, 4.69) is 18.8 Å². The second-order valence-corrected chi connectivity index (χ2v) is 4.23. The van der Waals surface area contributed by atoms with Gasteiger partial charge in [0.05, 0.1) is 6.04 Å². The molecule has 0 aliphatic heterocycles. The fourth-order valence-electron chi connectivity index (χ4n) is 2.01. The Labute approximate surface area is 92.7 Å². The lowest BCUT2D eigenvalue weighted by molar-refractivity contribution is 0.361. The summed E-state index contributed by atoms with van der Waals surface area (Å²) in [5, 5.41) is 0. The van der Waals surface area contributed by atoms with Gasteiger partial charge in [0, 0.05) is 19.4 Å². The highest BCUT2D eigenvalue weighted by Gasteiger charge is 2.20. The third kappa shape index (κ3) is 3.06. The minimum Gasteiger partial charge on any atom is -0.337 e. The van der Waals surface area contributed by atoms with Crippen LogP contribution >= 0.6 is 0 Å². The summed E-state index contributed by atoms with van der Waals surface area (Å²) in [6, 6.07) is 0.0848. The molecule has 0 saturated heterocycles. The lowest BCUT2D eigenvalue weighted by atomic mass is 9.91. The van der Waals surface area contributed by atoms with Crippen molar-refractivity contribution in [3.05, 3.63) is 18.2 Å². The van der Waals surface area contributed by atoms with Gasteiger partial charge in [-0.15, -0.1) is 0 Å². The van der Waals surface area contributed by atoms with Gasteiger partial charge in [0.15, 0.2) is 0 Å². The lowest BCUT2D eigenvalue weighted by Crippen LogP contribution is -2.24. The number of unbranched alkanes of at least 4 members (excludes halogenated alkanes) is 1. The Morgan fingerprint density at radius 2 is 2.20 bits per heavy atom. The highest BCUT2D eigenvalue weighted by molar-refractivity contribution is 4.99. The molecule has 86 valence electrons. The van der Waals surface area contributed by atoms with Crippen molar-refractivity contribution in [1.29, 1.82) is 0 Å². The molecule has 1 aromatic rings. The molecule has 2 unspecified atom stereocenters. The molecular weight excluding hydrogens is 186 g/mol. The molecule has 2 N–H and O–H groups in total. The second kappa shape index (κ2) is 5.91. The monoisotopic (exact) mass is 209 g/mol. The number of nitrogens with two attached hydrogens (primary N) is 1. The third-order valence-corrected chi connectivity index (χ3v) is 3.12. The van der Waals surface area contributed by atoms with Crippen molar-refractivity contribution < 1.29 is 0 Å². The average Bonchev–Trinajstić information content (AvgIpc) is 2.65. The molecule has 0 fully saturated rings. The maximum atomic E-state index is 6.25. The summed E-state index contributed by atoms with van der Waals surface area (Å²) in [5.74, 6) is 1.57. The van der Waals surface area contributed by atoms with Crippen molar-refractivity contribution in [2.24, 2.45) is 18.7 Å². The van der Waals surface area contributed by atoms with Gasteiger partial charge in [-0.2, -0.15) is 0 Å². The van der Waals surface area contributed by atoms with Crippen LogP contribution in [0.2, 0.25) is 0 Å².